The minimum Gasteiger partial charge on any atom is -0.311 e. The minimum atomic E-state index is -4.39. The molecule has 1 saturated heterocycles. The number of carbonyl (C=O) groups is 1. The van der Waals surface area contributed by atoms with Crippen molar-refractivity contribution in [3.8, 4) is 0 Å². The van der Waals surface area contributed by atoms with Crippen LogP contribution in [0.15, 0.2) is 24.3 Å². The molecule has 1 N–H and O–H groups in total. The molecule has 2 fully saturated rings. The number of alkyl halides is 3. The first-order valence-corrected chi connectivity index (χ1v) is 6.58. The van der Waals surface area contributed by atoms with Gasteiger partial charge in [0.2, 0.25) is 5.91 Å². The van der Waals surface area contributed by atoms with Gasteiger partial charge in [-0.2, -0.15) is 13.2 Å². The van der Waals surface area contributed by atoms with Crippen LogP contribution in [0.3, 0.4) is 0 Å². The Kier molecular flexibility index (Phi) is 3.01. The molecule has 1 aromatic rings. The fraction of sp³-hybridized carbons (Fsp3) is 0.500. The quantitative estimate of drug-likeness (QED) is 0.859. The van der Waals surface area contributed by atoms with Crippen molar-refractivity contribution in [3.63, 3.8) is 0 Å². The molecular formula is C14H15F3N2O. The molecule has 1 spiro atoms. The van der Waals surface area contributed by atoms with Crippen LogP contribution >= 0.6 is 0 Å². The molecular weight excluding hydrogens is 269 g/mol. The summed E-state index contributed by atoms with van der Waals surface area (Å²) in [5.74, 6) is -0.173. The lowest BCUT2D eigenvalue weighted by atomic mass is 10.1. The van der Waals surface area contributed by atoms with Crippen molar-refractivity contribution in [1.82, 2.24) is 5.32 Å². The molecule has 3 nitrogen and oxygen atoms in total. The van der Waals surface area contributed by atoms with Crippen LogP contribution in [0.5, 0.6) is 0 Å². The fourth-order valence-electron chi connectivity index (χ4n) is 2.61. The van der Waals surface area contributed by atoms with E-state index in [9.17, 15) is 18.0 Å². The first kappa shape index (κ1) is 13.4. The van der Waals surface area contributed by atoms with Crippen molar-refractivity contribution < 1.29 is 18.0 Å². The van der Waals surface area contributed by atoms with Crippen LogP contribution < -0.4 is 10.2 Å². The van der Waals surface area contributed by atoms with E-state index in [1.807, 2.05) is 0 Å². The monoisotopic (exact) mass is 284 g/mol. The van der Waals surface area contributed by atoms with E-state index in [4.69, 9.17) is 0 Å². The maximum Gasteiger partial charge on any atom is 0.416 e. The number of rotatable bonds is 1. The number of hydrogen-bond donors (Lipinski definition) is 1. The third-order valence-corrected chi connectivity index (χ3v) is 4.01. The highest BCUT2D eigenvalue weighted by Gasteiger charge is 2.46. The Morgan fingerprint density at radius 2 is 2.00 bits per heavy atom. The highest BCUT2D eigenvalue weighted by atomic mass is 19.4. The molecule has 0 unspecified atom stereocenters. The van der Waals surface area contributed by atoms with Gasteiger partial charge in [-0.15, -0.1) is 0 Å². The number of nitrogens with one attached hydrogen (secondary N) is 1. The second-order valence-electron chi connectivity index (χ2n) is 5.63. The van der Waals surface area contributed by atoms with Gasteiger partial charge >= 0.3 is 6.18 Å². The molecule has 1 aliphatic heterocycles. The average Bonchev–Trinajstić information content (AvgIpc) is 3.17. The van der Waals surface area contributed by atoms with Gasteiger partial charge in [-0.3, -0.25) is 4.79 Å². The molecule has 1 aromatic carbocycles. The van der Waals surface area contributed by atoms with Crippen LogP contribution in [-0.2, 0) is 11.0 Å². The molecule has 1 saturated carbocycles. The van der Waals surface area contributed by atoms with Gasteiger partial charge in [0.15, 0.2) is 0 Å². The summed E-state index contributed by atoms with van der Waals surface area (Å²) < 4.78 is 38.3. The highest BCUT2D eigenvalue weighted by Crippen LogP contribution is 2.47. The molecule has 1 heterocycles. The zero-order valence-corrected chi connectivity index (χ0v) is 10.8. The molecule has 2 aliphatic rings. The third kappa shape index (κ3) is 2.52. The van der Waals surface area contributed by atoms with Gasteiger partial charge in [-0.25, -0.2) is 0 Å². The highest BCUT2D eigenvalue weighted by molar-refractivity contribution is 5.95. The van der Waals surface area contributed by atoms with Gasteiger partial charge < -0.3 is 10.2 Å². The zero-order valence-electron chi connectivity index (χ0n) is 10.8. The smallest absolute Gasteiger partial charge is 0.311 e. The Labute approximate surface area is 114 Å². The number of carbonyl (C=O) groups excluding carboxylic acids is 1. The Bertz CT molecular complexity index is 537. The summed E-state index contributed by atoms with van der Waals surface area (Å²) in [6, 6.07) is 4.99. The Morgan fingerprint density at radius 3 is 2.65 bits per heavy atom. The van der Waals surface area contributed by atoms with E-state index >= 15 is 0 Å². The fourth-order valence-corrected chi connectivity index (χ4v) is 2.61. The van der Waals surface area contributed by atoms with Gasteiger partial charge in [0.1, 0.15) is 0 Å². The summed E-state index contributed by atoms with van der Waals surface area (Å²) in [6.45, 7) is 1.44. The van der Waals surface area contributed by atoms with Crippen molar-refractivity contribution in [2.45, 2.75) is 19.0 Å². The minimum absolute atomic E-state index is 0.0559. The Morgan fingerprint density at radius 1 is 1.25 bits per heavy atom. The number of halogens is 3. The molecule has 6 heteroatoms. The SMILES string of the molecule is O=C1CNCC2(CC2)CN1c1cccc(C(F)(F)F)c1. The second kappa shape index (κ2) is 4.48. The van der Waals surface area contributed by atoms with Crippen molar-refractivity contribution >= 4 is 11.6 Å². The Balaban J connectivity index is 1.92. The predicted molar refractivity (Wildman–Crippen MR) is 68.3 cm³/mol. The Hall–Kier alpha value is -1.56. The normalized spacial score (nSPS) is 21.9. The van der Waals surface area contributed by atoms with Crippen molar-refractivity contribution in [1.29, 1.82) is 0 Å². The molecule has 1 aliphatic carbocycles. The van der Waals surface area contributed by atoms with E-state index in [1.54, 1.807) is 6.07 Å². The number of hydrogen-bond acceptors (Lipinski definition) is 2. The molecule has 20 heavy (non-hydrogen) atoms. The van der Waals surface area contributed by atoms with E-state index in [2.05, 4.69) is 5.32 Å². The average molecular weight is 284 g/mol. The van der Waals surface area contributed by atoms with Crippen LogP contribution in [-0.4, -0.2) is 25.5 Å². The predicted octanol–water partition coefficient (Wildman–Crippen LogP) is 2.42. The molecule has 108 valence electrons. The van der Waals surface area contributed by atoms with Gasteiger partial charge in [0.25, 0.3) is 0 Å². The number of nitrogens with zero attached hydrogens (tertiary/aromatic N) is 1. The zero-order chi connectivity index (χ0) is 14.4. The van der Waals surface area contributed by atoms with Crippen LogP contribution in [0.25, 0.3) is 0 Å². The van der Waals surface area contributed by atoms with Crippen molar-refractivity contribution in [2.24, 2.45) is 5.41 Å². The first-order valence-electron chi connectivity index (χ1n) is 6.58. The van der Waals surface area contributed by atoms with Crippen LogP contribution in [0.4, 0.5) is 18.9 Å². The van der Waals surface area contributed by atoms with E-state index in [-0.39, 0.29) is 17.9 Å². The van der Waals surface area contributed by atoms with Gasteiger partial charge in [0.05, 0.1) is 12.1 Å². The number of anilines is 1. The first-order chi connectivity index (χ1) is 9.40. The summed E-state index contributed by atoms with van der Waals surface area (Å²) >= 11 is 0. The summed E-state index contributed by atoms with van der Waals surface area (Å²) in [5, 5.41) is 3.08. The second-order valence-corrected chi connectivity index (χ2v) is 5.63. The summed E-state index contributed by atoms with van der Waals surface area (Å²) in [7, 11) is 0. The van der Waals surface area contributed by atoms with E-state index in [0.29, 0.717) is 12.2 Å². The van der Waals surface area contributed by atoms with Crippen molar-refractivity contribution in [3.05, 3.63) is 29.8 Å². The standard InChI is InChI=1S/C14H15F3N2O/c15-14(16,17)10-2-1-3-11(6-10)19-9-13(4-5-13)8-18-7-12(19)20/h1-3,6,18H,4-5,7-9H2. The molecule has 0 radical (unpaired) electrons. The van der Waals surface area contributed by atoms with Crippen LogP contribution in [0.1, 0.15) is 18.4 Å². The van der Waals surface area contributed by atoms with Gasteiger partial charge in [-0.05, 0) is 31.0 Å². The summed E-state index contributed by atoms with van der Waals surface area (Å²) in [6.07, 6.45) is -2.36. The third-order valence-electron chi connectivity index (χ3n) is 4.01. The maximum absolute atomic E-state index is 12.8. The van der Waals surface area contributed by atoms with Crippen molar-refractivity contribution in [2.75, 3.05) is 24.5 Å². The molecule has 3 rings (SSSR count). The summed E-state index contributed by atoms with van der Waals surface area (Å²) in [4.78, 5) is 13.6. The number of amides is 1. The lowest BCUT2D eigenvalue weighted by molar-refractivity contribution is -0.137. The van der Waals surface area contributed by atoms with E-state index in [0.717, 1.165) is 31.5 Å². The molecule has 1 amide bonds. The molecule has 0 bridgehead atoms. The van der Waals surface area contributed by atoms with Crippen LogP contribution in [0.2, 0.25) is 0 Å². The maximum atomic E-state index is 12.8. The summed E-state index contributed by atoms with van der Waals surface area (Å²) in [5.41, 5.74) is -0.329. The number of benzene rings is 1. The molecule has 0 aromatic heterocycles. The van der Waals surface area contributed by atoms with E-state index < -0.39 is 11.7 Å². The van der Waals surface area contributed by atoms with Crippen LogP contribution in [0, 0.1) is 5.41 Å². The lowest BCUT2D eigenvalue weighted by Crippen LogP contribution is -2.36. The van der Waals surface area contributed by atoms with E-state index in [1.165, 1.54) is 11.0 Å². The van der Waals surface area contributed by atoms with Gasteiger partial charge in [-0.1, -0.05) is 6.07 Å². The largest absolute Gasteiger partial charge is 0.416 e. The topological polar surface area (TPSA) is 32.3 Å². The molecule has 0 atom stereocenters. The van der Waals surface area contributed by atoms with Gasteiger partial charge in [0, 0.05) is 24.2 Å². The lowest BCUT2D eigenvalue weighted by Gasteiger charge is -2.24.